The van der Waals surface area contributed by atoms with Crippen molar-refractivity contribution in [3.63, 3.8) is 0 Å². The summed E-state index contributed by atoms with van der Waals surface area (Å²) in [7, 11) is 0. The summed E-state index contributed by atoms with van der Waals surface area (Å²) in [6.07, 6.45) is 2.49. The normalized spacial score (nSPS) is 24.5. The minimum absolute atomic E-state index is 0.134. The van der Waals surface area contributed by atoms with Gasteiger partial charge in [0.1, 0.15) is 0 Å². The monoisotopic (exact) mass is 288 g/mol. The van der Waals surface area contributed by atoms with Gasteiger partial charge in [0.15, 0.2) is 0 Å². The Morgan fingerprint density at radius 3 is 2.81 bits per heavy atom. The van der Waals surface area contributed by atoms with Crippen LogP contribution in [0.5, 0.6) is 0 Å². The van der Waals surface area contributed by atoms with Gasteiger partial charge in [0.2, 0.25) is 5.91 Å². The summed E-state index contributed by atoms with van der Waals surface area (Å²) in [5, 5.41) is 9.78. The smallest absolute Gasteiger partial charge is 0.239 e. The van der Waals surface area contributed by atoms with E-state index < -0.39 is 0 Å². The molecule has 1 aromatic carbocycles. The molecular formula is C17H24N2O2. The number of nitrogens with zero attached hydrogens (tertiary/aromatic N) is 2. The number of hydrogen-bond acceptors (Lipinski definition) is 3. The van der Waals surface area contributed by atoms with Crippen molar-refractivity contribution in [1.29, 1.82) is 0 Å². The number of hydrogen-bond donors (Lipinski definition) is 1. The van der Waals surface area contributed by atoms with E-state index in [1.807, 2.05) is 17.9 Å². The van der Waals surface area contributed by atoms with E-state index in [9.17, 15) is 9.90 Å². The summed E-state index contributed by atoms with van der Waals surface area (Å²) in [4.78, 5) is 16.8. The number of benzene rings is 1. The molecule has 0 spiro atoms. The lowest BCUT2D eigenvalue weighted by Crippen LogP contribution is -2.52. The summed E-state index contributed by atoms with van der Waals surface area (Å²) >= 11 is 0. The number of aliphatic hydroxyl groups excluding tert-OH is 1. The highest BCUT2D eigenvalue weighted by Crippen LogP contribution is 2.21. The molecule has 1 N–H and O–H groups in total. The Hall–Kier alpha value is -1.39. The fourth-order valence-corrected chi connectivity index (χ4v) is 3.44. The number of β-amino-alcohol motifs (C(OH)–C–C–N with tert-alkyl or cyclic N) is 1. The highest BCUT2D eigenvalue weighted by Gasteiger charge is 2.30. The van der Waals surface area contributed by atoms with Crippen LogP contribution >= 0.6 is 0 Å². The topological polar surface area (TPSA) is 43.8 Å². The van der Waals surface area contributed by atoms with E-state index in [2.05, 4.69) is 23.1 Å². The van der Waals surface area contributed by atoms with Gasteiger partial charge < -0.3 is 10.0 Å². The van der Waals surface area contributed by atoms with E-state index in [-0.39, 0.29) is 18.1 Å². The molecule has 1 aromatic rings. The van der Waals surface area contributed by atoms with Crippen molar-refractivity contribution in [2.24, 2.45) is 0 Å². The number of likely N-dealkylation sites (tertiary alicyclic amines) is 1. The fraction of sp³-hybridized carbons (Fsp3) is 0.588. The van der Waals surface area contributed by atoms with Gasteiger partial charge in [-0.25, -0.2) is 0 Å². The molecule has 21 heavy (non-hydrogen) atoms. The molecule has 1 saturated heterocycles. The quantitative estimate of drug-likeness (QED) is 0.895. The molecule has 0 bridgehead atoms. The third kappa shape index (κ3) is 3.11. The van der Waals surface area contributed by atoms with Crippen LogP contribution in [0.25, 0.3) is 0 Å². The Labute approximate surface area is 126 Å². The van der Waals surface area contributed by atoms with Crippen LogP contribution in [0.4, 0.5) is 0 Å². The van der Waals surface area contributed by atoms with Crippen LogP contribution in [0.3, 0.4) is 0 Å². The molecular weight excluding hydrogens is 264 g/mol. The maximum absolute atomic E-state index is 12.7. The SMILES string of the molecule is CC(C(=O)N1CCc2ccccc2C1)N1CCCC(O)C1. The molecule has 4 nitrogen and oxygen atoms in total. The second-order valence-electron chi connectivity index (χ2n) is 6.25. The second kappa shape index (κ2) is 6.16. The summed E-state index contributed by atoms with van der Waals surface area (Å²) in [5.74, 6) is 0.193. The maximum Gasteiger partial charge on any atom is 0.239 e. The Balaban J connectivity index is 1.66. The van der Waals surface area contributed by atoms with Crippen LogP contribution in [0.1, 0.15) is 30.9 Å². The Bertz CT molecular complexity index is 517. The molecule has 2 heterocycles. The minimum atomic E-state index is -0.281. The number of piperidine rings is 1. The van der Waals surface area contributed by atoms with Gasteiger partial charge in [-0.1, -0.05) is 24.3 Å². The Morgan fingerprint density at radius 1 is 1.29 bits per heavy atom. The van der Waals surface area contributed by atoms with E-state index in [1.54, 1.807) is 0 Å². The van der Waals surface area contributed by atoms with Gasteiger partial charge in [0.25, 0.3) is 0 Å². The summed E-state index contributed by atoms with van der Waals surface area (Å²) in [6.45, 7) is 5.03. The van der Waals surface area contributed by atoms with Gasteiger partial charge in [0, 0.05) is 19.6 Å². The molecule has 0 radical (unpaired) electrons. The Morgan fingerprint density at radius 2 is 2.05 bits per heavy atom. The van der Waals surface area contributed by atoms with Crippen LogP contribution in [0.2, 0.25) is 0 Å². The molecule has 1 fully saturated rings. The first-order valence-electron chi connectivity index (χ1n) is 7.93. The molecule has 0 aromatic heterocycles. The Kier molecular flexibility index (Phi) is 4.27. The molecule has 114 valence electrons. The lowest BCUT2D eigenvalue weighted by Gasteiger charge is -2.38. The molecule has 3 rings (SSSR count). The van der Waals surface area contributed by atoms with Gasteiger partial charge in [0.05, 0.1) is 12.1 Å². The highest BCUT2D eigenvalue weighted by molar-refractivity contribution is 5.81. The fourth-order valence-electron chi connectivity index (χ4n) is 3.44. The highest BCUT2D eigenvalue weighted by atomic mass is 16.3. The van der Waals surface area contributed by atoms with Crippen LogP contribution in [-0.2, 0) is 17.8 Å². The zero-order valence-corrected chi connectivity index (χ0v) is 12.7. The second-order valence-corrected chi connectivity index (χ2v) is 6.25. The van der Waals surface area contributed by atoms with Crippen LogP contribution < -0.4 is 0 Å². The zero-order valence-electron chi connectivity index (χ0n) is 12.7. The van der Waals surface area contributed by atoms with E-state index in [0.717, 1.165) is 38.9 Å². The summed E-state index contributed by atoms with van der Waals surface area (Å²) in [5.41, 5.74) is 2.63. The van der Waals surface area contributed by atoms with E-state index in [4.69, 9.17) is 0 Å². The third-order valence-electron chi connectivity index (χ3n) is 4.78. The minimum Gasteiger partial charge on any atom is -0.392 e. The molecule has 2 aliphatic rings. The van der Waals surface area contributed by atoms with Gasteiger partial charge >= 0.3 is 0 Å². The van der Waals surface area contributed by atoms with E-state index in [0.29, 0.717) is 6.54 Å². The number of fused-ring (bicyclic) bond motifs is 1. The molecule has 2 aliphatic heterocycles. The third-order valence-corrected chi connectivity index (χ3v) is 4.78. The first kappa shape index (κ1) is 14.5. The molecule has 0 aliphatic carbocycles. The number of carbonyl (C=O) groups excluding carboxylic acids is 1. The molecule has 2 atom stereocenters. The van der Waals surface area contributed by atoms with Crippen molar-refractivity contribution in [3.05, 3.63) is 35.4 Å². The predicted molar refractivity (Wildman–Crippen MR) is 81.8 cm³/mol. The molecule has 0 saturated carbocycles. The average molecular weight is 288 g/mol. The molecule has 2 unspecified atom stereocenters. The van der Waals surface area contributed by atoms with Crippen LogP contribution in [0.15, 0.2) is 24.3 Å². The van der Waals surface area contributed by atoms with Crippen molar-refractivity contribution < 1.29 is 9.90 Å². The van der Waals surface area contributed by atoms with Gasteiger partial charge in [-0.2, -0.15) is 0 Å². The lowest BCUT2D eigenvalue weighted by atomic mass is 9.99. The van der Waals surface area contributed by atoms with Crippen LogP contribution in [0, 0.1) is 0 Å². The first-order valence-corrected chi connectivity index (χ1v) is 7.93. The van der Waals surface area contributed by atoms with Gasteiger partial charge in [-0.05, 0) is 43.9 Å². The van der Waals surface area contributed by atoms with Gasteiger partial charge in [-0.3, -0.25) is 9.69 Å². The van der Waals surface area contributed by atoms with E-state index >= 15 is 0 Å². The molecule has 4 heteroatoms. The largest absolute Gasteiger partial charge is 0.392 e. The number of rotatable bonds is 2. The zero-order chi connectivity index (χ0) is 14.8. The summed E-state index contributed by atoms with van der Waals surface area (Å²) < 4.78 is 0. The lowest BCUT2D eigenvalue weighted by molar-refractivity contribution is -0.138. The molecule has 1 amide bonds. The van der Waals surface area contributed by atoms with Crippen LogP contribution in [-0.4, -0.2) is 52.6 Å². The first-order chi connectivity index (χ1) is 10.1. The van der Waals surface area contributed by atoms with Crippen molar-refractivity contribution >= 4 is 5.91 Å². The summed E-state index contributed by atoms with van der Waals surface area (Å²) in [6, 6.07) is 8.24. The van der Waals surface area contributed by atoms with Crippen molar-refractivity contribution in [1.82, 2.24) is 9.80 Å². The maximum atomic E-state index is 12.7. The standard InChI is InChI=1S/C17H24N2O2/c1-13(18-9-4-7-16(20)12-18)17(21)19-10-8-14-5-2-3-6-15(14)11-19/h2-3,5-6,13,16,20H,4,7-12H2,1H3. The van der Waals surface area contributed by atoms with Crippen molar-refractivity contribution in [2.75, 3.05) is 19.6 Å². The van der Waals surface area contributed by atoms with E-state index in [1.165, 1.54) is 11.1 Å². The number of carbonyl (C=O) groups is 1. The van der Waals surface area contributed by atoms with Crippen molar-refractivity contribution in [3.8, 4) is 0 Å². The predicted octanol–water partition coefficient (Wildman–Crippen LogP) is 1.42. The van der Waals surface area contributed by atoms with Crippen molar-refractivity contribution in [2.45, 2.75) is 44.9 Å². The number of aliphatic hydroxyl groups is 1. The average Bonchev–Trinajstić information content (AvgIpc) is 2.53. The van der Waals surface area contributed by atoms with Gasteiger partial charge in [-0.15, -0.1) is 0 Å². The number of amides is 1.